The molecule has 0 saturated carbocycles. The number of halogens is 1. The lowest BCUT2D eigenvalue weighted by Gasteiger charge is -2.11. The number of benzene rings is 1. The molecule has 7 heteroatoms. The van der Waals surface area contributed by atoms with Crippen molar-refractivity contribution < 1.29 is 0 Å². The number of H-pyrrole nitrogens is 1. The third-order valence-corrected chi connectivity index (χ3v) is 3.72. The fraction of sp³-hybridized carbons (Fsp3) is 0.278. The first-order chi connectivity index (χ1) is 11.8. The number of nitrogens with zero attached hydrogens (tertiary/aromatic N) is 3. The van der Waals surface area contributed by atoms with Gasteiger partial charge in [-0.1, -0.05) is 18.2 Å². The van der Waals surface area contributed by atoms with Gasteiger partial charge in [0.25, 0.3) is 0 Å². The van der Waals surface area contributed by atoms with Gasteiger partial charge in [0.05, 0.1) is 11.0 Å². The molecule has 3 aromatic rings. The van der Waals surface area contributed by atoms with Crippen molar-refractivity contribution in [3.8, 4) is 0 Å². The van der Waals surface area contributed by atoms with E-state index in [-0.39, 0.29) is 24.0 Å². The predicted molar refractivity (Wildman–Crippen MR) is 113 cm³/mol. The van der Waals surface area contributed by atoms with Crippen molar-refractivity contribution in [1.82, 2.24) is 25.6 Å². The Bertz CT molecular complexity index is 766. The number of aromatic amines is 1. The van der Waals surface area contributed by atoms with E-state index < -0.39 is 0 Å². The zero-order valence-electron chi connectivity index (χ0n) is 14.2. The molecule has 0 atom stereocenters. The largest absolute Gasteiger partial charge is 0.356 e. The molecular weight excluding hydrogens is 427 g/mol. The summed E-state index contributed by atoms with van der Waals surface area (Å²) < 4.78 is 0. The molecule has 0 fully saturated rings. The smallest absolute Gasteiger partial charge is 0.191 e. The Morgan fingerprint density at radius 2 is 1.80 bits per heavy atom. The summed E-state index contributed by atoms with van der Waals surface area (Å²) in [6.07, 6.45) is 3.50. The zero-order valence-corrected chi connectivity index (χ0v) is 16.5. The van der Waals surface area contributed by atoms with Gasteiger partial charge in [0, 0.05) is 44.9 Å². The highest BCUT2D eigenvalue weighted by Gasteiger charge is 2.03. The fourth-order valence-corrected chi connectivity index (χ4v) is 2.50. The van der Waals surface area contributed by atoms with Crippen LogP contribution in [-0.4, -0.2) is 41.0 Å². The molecule has 0 unspecified atom stereocenters. The summed E-state index contributed by atoms with van der Waals surface area (Å²) in [6, 6.07) is 14.0. The first-order valence-electron chi connectivity index (χ1n) is 8.13. The van der Waals surface area contributed by atoms with E-state index in [1.165, 1.54) is 0 Å². The second kappa shape index (κ2) is 9.97. The van der Waals surface area contributed by atoms with Gasteiger partial charge >= 0.3 is 0 Å². The van der Waals surface area contributed by atoms with Gasteiger partial charge in [0.15, 0.2) is 5.96 Å². The van der Waals surface area contributed by atoms with Crippen LogP contribution in [0.5, 0.6) is 0 Å². The first-order valence-corrected chi connectivity index (χ1v) is 8.13. The van der Waals surface area contributed by atoms with Crippen LogP contribution in [0.3, 0.4) is 0 Å². The quantitative estimate of drug-likeness (QED) is 0.307. The number of para-hydroxylation sites is 2. The molecule has 25 heavy (non-hydrogen) atoms. The number of hydrogen-bond acceptors (Lipinski definition) is 3. The van der Waals surface area contributed by atoms with Crippen molar-refractivity contribution >= 4 is 41.0 Å². The van der Waals surface area contributed by atoms with Crippen molar-refractivity contribution in [1.29, 1.82) is 0 Å². The van der Waals surface area contributed by atoms with E-state index in [4.69, 9.17) is 0 Å². The number of aromatic nitrogens is 3. The molecule has 0 radical (unpaired) electrons. The summed E-state index contributed by atoms with van der Waals surface area (Å²) >= 11 is 0. The number of rotatable bonds is 6. The third kappa shape index (κ3) is 5.70. The van der Waals surface area contributed by atoms with Gasteiger partial charge < -0.3 is 15.6 Å². The van der Waals surface area contributed by atoms with Crippen LogP contribution in [0.15, 0.2) is 53.7 Å². The fourth-order valence-electron chi connectivity index (χ4n) is 2.50. The SMILES string of the molecule is CN=C(NCCc1ccccn1)NCCc1nc2ccccc2[nH]1.I. The normalized spacial score (nSPS) is 11.2. The number of imidazole rings is 1. The predicted octanol–water partition coefficient (Wildman–Crippen LogP) is 2.53. The molecule has 132 valence electrons. The van der Waals surface area contributed by atoms with Crippen LogP contribution in [0.2, 0.25) is 0 Å². The highest BCUT2D eigenvalue weighted by molar-refractivity contribution is 14.0. The summed E-state index contributed by atoms with van der Waals surface area (Å²) in [5.41, 5.74) is 3.15. The summed E-state index contributed by atoms with van der Waals surface area (Å²) in [7, 11) is 1.78. The van der Waals surface area contributed by atoms with Crippen LogP contribution in [0.4, 0.5) is 0 Å². The van der Waals surface area contributed by atoms with Gasteiger partial charge in [0.1, 0.15) is 5.82 Å². The molecule has 0 aliphatic heterocycles. The Morgan fingerprint density at radius 1 is 1.04 bits per heavy atom. The van der Waals surface area contributed by atoms with Crippen LogP contribution >= 0.6 is 24.0 Å². The second-order valence-corrected chi connectivity index (χ2v) is 5.45. The molecule has 2 heterocycles. The number of hydrogen-bond donors (Lipinski definition) is 3. The van der Waals surface area contributed by atoms with E-state index in [2.05, 4.69) is 30.6 Å². The number of nitrogens with one attached hydrogen (secondary N) is 3. The Balaban J connectivity index is 0.00000225. The Labute approximate surface area is 164 Å². The van der Waals surface area contributed by atoms with Crippen molar-refractivity contribution in [2.75, 3.05) is 20.1 Å². The van der Waals surface area contributed by atoms with Gasteiger partial charge in [-0.15, -0.1) is 24.0 Å². The highest BCUT2D eigenvalue weighted by Crippen LogP contribution is 2.10. The number of guanidine groups is 1. The summed E-state index contributed by atoms with van der Waals surface area (Å²) in [6.45, 7) is 1.56. The zero-order chi connectivity index (χ0) is 16.6. The molecule has 6 nitrogen and oxygen atoms in total. The summed E-state index contributed by atoms with van der Waals surface area (Å²) in [4.78, 5) is 16.5. The molecule has 3 rings (SSSR count). The van der Waals surface area contributed by atoms with Crippen LogP contribution in [-0.2, 0) is 12.8 Å². The lowest BCUT2D eigenvalue weighted by Crippen LogP contribution is -2.39. The molecule has 0 aliphatic rings. The van der Waals surface area contributed by atoms with Crippen LogP contribution in [0.1, 0.15) is 11.5 Å². The molecule has 0 saturated heterocycles. The van der Waals surface area contributed by atoms with Gasteiger partial charge in [-0.2, -0.15) is 0 Å². The highest BCUT2D eigenvalue weighted by atomic mass is 127. The molecule has 0 spiro atoms. The average molecular weight is 450 g/mol. The van der Waals surface area contributed by atoms with Gasteiger partial charge in [0.2, 0.25) is 0 Å². The lowest BCUT2D eigenvalue weighted by atomic mass is 10.3. The maximum atomic E-state index is 4.57. The second-order valence-electron chi connectivity index (χ2n) is 5.45. The summed E-state index contributed by atoms with van der Waals surface area (Å²) in [5, 5.41) is 6.61. The van der Waals surface area contributed by atoms with E-state index in [0.717, 1.165) is 54.4 Å². The maximum Gasteiger partial charge on any atom is 0.191 e. The Kier molecular flexibility index (Phi) is 7.65. The molecule has 0 bridgehead atoms. The average Bonchev–Trinajstić information content (AvgIpc) is 3.04. The summed E-state index contributed by atoms with van der Waals surface area (Å²) in [5.74, 6) is 1.77. The minimum absolute atomic E-state index is 0. The lowest BCUT2D eigenvalue weighted by molar-refractivity contribution is 0.764. The monoisotopic (exact) mass is 450 g/mol. The maximum absolute atomic E-state index is 4.57. The van der Waals surface area contributed by atoms with Gasteiger partial charge in [-0.05, 0) is 24.3 Å². The number of aliphatic imine (C=N–C) groups is 1. The van der Waals surface area contributed by atoms with E-state index in [1.807, 2.05) is 48.7 Å². The minimum Gasteiger partial charge on any atom is -0.356 e. The van der Waals surface area contributed by atoms with Crippen molar-refractivity contribution in [2.24, 2.45) is 4.99 Å². The van der Waals surface area contributed by atoms with E-state index in [9.17, 15) is 0 Å². The van der Waals surface area contributed by atoms with Crippen LogP contribution in [0, 0.1) is 0 Å². The van der Waals surface area contributed by atoms with Crippen molar-refractivity contribution in [2.45, 2.75) is 12.8 Å². The number of fused-ring (bicyclic) bond motifs is 1. The molecular formula is C18H23IN6. The molecule has 2 aromatic heterocycles. The molecule has 0 amide bonds. The Morgan fingerprint density at radius 3 is 2.52 bits per heavy atom. The van der Waals surface area contributed by atoms with E-state index >= 15 is 0 Å². The van der Waals surface area contributed by atoms with Crippen molar-refractivity contribution in [3.05, 3.63) is 60.2 Å². The van der Waals surface area contributed by atoms with Crippen LogP contribution in [0.25, 0.3) is 11.0 Å². The van der Waals surface area contributed by atoms with E-state index in [1.54, 1.807) is 7.05 Å². The van der Waals surface area contributed by atoms with Crippen LogP contribution < -0.4 is 10.6 Å². The topological polar surface area (TPSA) is 78.0 Å². The molecule has 0 aliphatic carbocycles. The number of pyridine rings is 1. The third-order valence-electron chi connectivity index (χ3n) is 3.72. The van der Waals surface area contributed by atoms with Gasteiger partial charge in [-0.3, -0.25) is 9.98 Å². The molecule has 1 aromatic carbocycles. The van der Waals surface area contributed by atoms with Gasteiger partial charge in [-0.25, -0.2) is 4.98 Å². The first kappa shape index (κ1) is 19.2. The minimum atomic E-state index is 0. The molecule has 3 N–H and O–H groups in total. The standard InChI is InChI=1S/C18H22N6.HI/c1-19-18(21-12-9-14-6-4-5-11-20-14)22-13-10-17-23-15-7-2-3-8-16(15)24-17;/h2-8,11H,9-10,12-13H2,1H3,(H,23,24)(H2,19,21,22);1H. The van der Waals surface area contributed by atoms with Crippen molar-refractivity contribution in [3.63, 3.8) is 0 Å². The Hall–Kier alpha value is -2.16. The van der Waals surface area contributed by atoms with E-state index in [0.29, 0.717) is 0 Å².